The Balaban J connectivity index is 1.98. The van der Waals surface area contributed by atoms with Gasteiger partial charge < -0.3 is 20.1 Å². The van der Waals surface area contributed by atoms with Gasteiger partial charge in [0.15, 0.2) is 9.84 Å². The van der Waals surface area contributed by atoms with Crippen LogP contribution in [0.5, 0.6) is 5.75 Å². The lowest BCUT2D eigenvalue weighted by Gasteiger charge is -2.33. The second-order valence-corrected chi connectivity index (χ2v) is 12.4. The molecule has 1 heterocycles. The average molecular weight is 546 g/mol. The number of carbonyl (C=O) groups is 1. The maximum Gasteiger partial charge on any atom is 0.339 e. The Morgan fingerprint density at radius 3 is 2.29 bits per heavy atom. The number of sulfone groups is 1. The minimum Gasteiger partial charge on any atom is -0.497 e. The molecule has 0 amide bonds. The summed E-state index contributed by atoms with van der Waals surface area (Å²) in [6.45, 7) is 6.34. The van der Waals surface area contributed by atoms with Gasteiger partial charge in [0.25, 0.3) is 0 Å². The van der Waals surface area contributed by atoms with Crippen LogP contribution >= 0.6 is 0 Å². The Morgan fingerprint density at radius 1 is 1.00 bits per heavy atom. The van der Waals surface area contributed by atoms with Crippen LogP contribution in [0, 0.1) is 0 Å². The Kier molecular flexibility index (Phi) is 11.0. The molecule has 0 saturated carbocycles. The van der Waals surface area contributed by atoms with Gasteiger partial charge in [0, 0.05) is 32.7 Å². The van der Waals surface area contributed by atoms with Gasteiger partial charge in [-0.2, -0.15) is 0 Å². The number of benzene rings is 2. The summed E-state index contributed by atoms with van der Waals surface area (Å²) in [6.07, 6.45) is 4.86. The van der Waals surface area contributed by atoms with Crippen LogP contribution in [0.1, 0.15) is 60.5 Å². The van der Waals surface area contributed by atoms with Crippen LogP contribution in [0.3, 0.4) is 0 Å². The van der Waals surface area contributed by atoms with Gasteiger partial charge in [0.1, 0.15) is 5.75 Å². The molecule has 0 radical (unpaired) electrons. The SMILES string of the molecule is CCCCCCC(Cc1ccc(C(=O)OC)c(N)c1CN1CCN(C)CC1)S(=O)(=O)c1ccc(OC)cc1. The molecule has 1 saturated heterocycles. The van der Waals surface area contributed by atoms with E-state index in [-0.39, 0.29) is 0 Å². The minimum atomic E-state index is -3.62. The second-order valence-electron chi connectivity index (χ2n) is 10.1. The summed E-state index contributed by atoms with van der Waals surface area (Å²) >= 11 is 0. The number of hydrogen-bond donors (Lipinski definition) is 1. The number of piperazine rings is 1. The topological polar surface area (TPSA) is 102 Å². The van der Waals surface area contributed by atoms with Crippen molar-refractivity contribution in [2.45, 2.75) is 62.1 Å². The third-order valence-electron chi connectivity index (χ3n) is 7.49. The quantitative estimate of drug-likeness (QED) is 0.227. The van der Waals surface area contributed by atoms with Crippen LogP contribution in [-0.4, -0.2) is 76.9 Å². The molecule has 0 bridgehead atoms. The van der Waals surface area contributed by atoms with Gasteiger partial charge in [0.2, 0.25) is 0 Å². The molecule has 1 fully saturated rings. The monoisotopic (exact) mass is 545 g/mol. The highest BCUT2D eigenvalue weighted by atomic mass is 32.2. The molecule has 1 aliphatic rings. The molecule has 210 valence electrons. The number of ether oxygens (including phenoxy) is 2. The summed E-state index contributed by atoms with van der Waals surface area (Å²) in [7, 11) is 1.38. The lowest BCUT2D eigenvalue weighted by molar-refractivity contribution is 0.0601. The van der Waals surface area contributed by atoms with E-state index in [0.717, 1.165) is 63.0 Å². The van der Waals surface area contributed by atoms with Crippen LogP contribution in [0.15, 0.2) is 41.3 Å². The zero-order chi connectivity index (χ0) is 27.7. The molecule has 1 aliphatic heterocycles. The molecular formula is C29H43N3O5S. The molecule has 1 unspecified atom stereocenters. The molecule has 0 aromatic heterocycles. The van der Waals surface area contributed by atoms with Crippen LogP contribution in [0.4, 0.5) is 5.69 Å². The van der Waals surface area contributed by atoms with E-state index < -0.39 is 21.1 Å². The van der Waals surface area contributed by atoms with Gasteiger partial charge in [-0.1, -0.05) is 38.7 Å². The fourth-order valence-corrected chi connectivity index (χ4v) is 6.75. The summed E-state index contributed by atoms with van der Waals surface area (Å²) in [4.78, 5) is 17.3. The number of unbranched alkanes of at least 4 members (excludes halogenated alkanes) is 3. The van der Waals surface area contributed by atoms with Crippen LogP contribution in [-0.2, 0) is 27.5 Å². The van der Waals surface area contributed by atoms with Crippen molar-refractivity contribution in [3.8, 4) is 5.75 Å². The number of nitrogen functional groups attached to an aromatic ring is 1. The van der Waals surface area contributed by atoms with E-state index in [1.54, 1.807) is 37.4 Å². The first-order valence-corrected chi connectivity index (χ1v) is 15.0. The number of nitrogens with two attached hydrogens (primary N) is 1. The lowest BCUT2D eigenvalue weighted by Crippen LogP contribution is -2.44. The number of anilines is 1. The Labute approximate surface area is 228 Å². The Morgan fingerprint density at radius 2 is 1.68 bits per heavy atom. The highest BCUT2D eigenvalue weighted by Crippen LogP contribution is 2.31. The van der Waals surface area contributed by atoms with Gasteiger partial charge >= 0.3 is 5.97 Å². The van der Waals surface area contributed by atoms with Crippen molar-refractivity contribution in [3.63, 3.8) is 0 Å². The predicted octanol–water partition coefficient (Wildman–Crippen LogP) is 4.17. The maximum atomic E-state index is 13.9. The van der Waals surface area contributed by atoms with Gasteiger partial charge in [-0.3, -0.25) is 4.90 Å². The molecule has 2 N–H and O–H groups in total. The number of nitrogens with zero attached hydrogens (tertiary/aromatic N) is 2. The highest BCUT2D eigenvalue weighted by Gasteiger charge is 2.30. The lowest BCUT2D eigenvalue weighted by atomic mass is 9.95. The van der Waals surface area contributed by atoms with Crippen LogP contribution in [0.2, 0.25) is 0 Å². The third-order valence-corrected chi connectivity index (χ3v) is 9.70. The van der Waals surface area contributed by atoms with Crippen molar-refractivity contribution in [2.24, 2.45) is 0 Å². The third kappa shape index (κ3) is 7.48. The van der Waals surface area contributed by atoms with E-state index in [9.17, 15) is 13.2 Å². The van der Waals surface area contributed by atoms with E-state index in [0.29, 0.717) is 41.3 Å². The van der Waals surface area contributed by atoms with Crippen molar-refractivity contribution in [2.75, 3.05) is 53.2 Å². The normalized spacial score (nSPS) is 15.8. The molecule has 0 spiro atoms. The van der Waals surface area contributed by atoms with E-state index >= 15 is 0 Å². The molecular weight excluding hydrogens is 502 g/mol. The van der Waals surface area contributed by atoms with E-state index in [1.807, 2.05) is 6.07 Å². The number of hydrogen-bond acceptors (Lipinski definition) is 8. The fourth-order valence-electron chi connectivity index (χ4n) is 4.97. The van der Waals surface area contributed by atoms with Crippen molar-refractivity contribution < 1.29 is 22.7 Å². The number of rotatable bonds is 13. The Bertz CT molecular complexity index is 1160. The van der Waals surface area contributed by atoms with Gasteiger partial charge in [-0.15, -0.1) is 0 Å². The van der Waals surface area contributed by atoms with E-state index in [2.05, 4.69) is 23.8 Å². The number of likely N-dealkylation sites (N-methyl/N-ethyl adjacent to an activating group) is 1. The molecule has 9 heteroatoms. The number of esters is 1. The first-order chi connectivity index (χ1) is 18.2. The van der Waals surface area contributed by atoms with Crippen LogP contribution in [0.25, 0.3) is 0 Å². The zero-order valence-corrected chi connectivity index (χ0v) is 24.1. The summed E-state index contributed by atoms with van der Waals surface area (Å²) in [5.41, 5.74) is 8.95. The van der Waals surface area contributed by atoms with E-state index in [4.69, 9.17) is 15.2 Å². The van der Waals surface area contributed by atoms with Crippen molar-refractivity contribution in [3.05, 3.63) is 53.1 Å². The molecule has 8 nitrogen and oxygen atoms in total. The van der Waals surface area contributed by atoms with Crippen molar-refractivity contribution in [1.82, 2.24) is 9.80 Å². The van der Waals surface area contributed by atoms with Crippen molar-refractivity contribution >= 4 is 21.5 Å². The summed E-state index contributed by atoms with van der Waals surface area (Å²) in [6, 6.07) is 10.1. The standard InChI is InChI=1S/C29H43N3O5S/c1-5-6-7-8-9-25(38(34,35)24-13-11-23(36-3)12-14-24)20-22-10-15-26(29(33)37-4)28(30)27(22)21-32-18-16-31(2)17-19-32/h10-15,25H,5-9,16-21,30H2,1-4H3. The maximum absolute atomic E-state index is 13.9. The van der Waals surface area contributed by atoms with Gasteiger partial charge in [0.05, 0.1) is 35.6 Å². The van der Waals surface area contributed by atoms with Crippen LogP contribution < -0.4 is 10.5 Å². The number of methoxy groups -OCH3 is 2. The second kappa shape index (κ2) is 14.0. The highest BCUT2D eigenvalue weighted by molar-refractivity contribution is 7.92. The average Bonchev–Trinajstić information content (AvgIpc) is 2.92. The predicted molar refractivity (Wildman–Crippen MR) is 151 cm³/mol. The first kappa shape index (κ1) is 29.9. The Hall–Kier alpha value is -2.62. The van der Waals surface area contributed by atoms with Crippen molar-refractivity contribution in [1.29, 1.82) is 0 Å². The zero-order valence-electron chi connectivity index (χ0n) is 23.2. The smallest absolute Gasteiger partial charge is 0.339 e. The molecule has 1 atom stereocenters. The fraction of sp³-hybridized carbons (Fsp3) is 0.552. The van der Waals surface area contributed by atoms with Gasteiger partial charge in [-0.25, -0.2) is 13.2 Å². The molecule has 3 rings (SSSR count). The minimum absolute atomic E-state index is 0.290. The summed E-state index contributed by atoms with van der Waals surface area (Å²) in [5.74, 6) is 0.125. The number of carbonyl (C=O) groups excluding carboxylic acids is 1. The largest absolute Gasteiger partial charge is 0.497 e. The molecule has 2 aromatic rings. The summed E-state index contributed by atoms with van der Waals surface area (Å²) < 4.78 is 37.9. The molecule has 0 aliphatic carbocycles. The first-order valence-electron chi connectivity index (χ1n) is 13.5. The summed E-state index contributed by atoms with van der Waals surface area (Å²) in [5, 5.41) is -0.609. The molecule has 38 heavy (non-hydrogen) atoms. The molecule has 2 aromatic carbocycles. The van der Waals surface area contributed by atoms with E-state index in [1.165, 1.54) is 7.11 Å². The van der Waals surface area contributed by atoms with Gasteiger partial charge in [-0.05, 0) is 61.3 Å².